The van der Waals surface area contributed by atoms with Crippen LogP contribution in [0.2, 0.25) is 0 Å². The molecule has 42 valence electrons. The summed E-state index contributed by atoms with van der Waals surface area (Å²) in [6.45, 7) is 3.92. The highest BCUT2D eigenvalue weighted by Gasteiger charge is 1.88. The molecule has 0 fully saturated rings. The van der Waals surface area contributed by atoms with Gasteiger partial charge in [0.1, 0.15) is 0 Å². The number of hydrogen-bond acceptors (Lipinski definition) is 1. The van der Waals surface area contributed by atoms with Gasteiger partial charge in [0.25, 0.3) is 0 Å². The predicted molar refractivity (Wildman–Crippen MR) is 31.8 cm³/mol. The molecule has 0 N–H and O–H groups in total. The topological polar surface area (TPSA) is 23.8 Å². The molecule has 0 aliphatic heterocycles. The molecule has 1 heteroatoms. The quantitative estimate of drug-likeness (QED) is 0.494. The summed E-state index contributed by atoms with van der Waals surface area (Å²) in [5.74, 6) is 0.241. The van der Waals surface area contributed by atoms with E-state index in [-0.39, 0.29) is 13.3 Å². The lowest BCUT2D eigenvalue weighted by molar-refractivity contribution is 0.713. The third-order valence-corrected chi connectivity index (χ3v) is 0.833. The molecule has 0 aliphatic rings. The van der Waals surface area contributed by atoms with E-state index in [4.69, 9.17) is 5.26 Å². The molecule has 0 aliphatic carbocycles. The van der Waals surface area contributed by atoms with Crippen LogP contribution in [0.1, 0.15) is 27.7 Å². The van der Waals surface area contributed by atoms with Crippen LogP contribution in [0.3, 0.4) is 0 Å². The summed E-state index contributed by atoms with van der Waals surface area (Å²) in [5.41, 5.74) is 0. The molecule has 1 nitrogen and oxygen atoms in total. The normalized spacial score (nSPS) is 11.0. The van der Waals surface area contributed by atoms with E-state index in [1.54, 1.807) is 0 Å². The molecule has 1 atom stereocenters. The fraction of sp³-hybridized carbons (Fsp3) is 0.833. The first-order chi connectivity index (χ1) is 2.81. The van der Waals surface area contributed by atoms with Crippen LogP contribution in [0.5, 0.6) is 0 Å². The third-order valence-electron chi connectivity index (χ3n) is 0.833. The second-order valence-corrected chi connectivity index (χ2v) is 1.44. The van der Waals surface area contributed by atoms with Crippen molar-refractivity contribution in [2.45, 2.75) is 27.7 Å². The zero-order valence-electron chi connectivity index (χ0n) is 4.23. The lowest BCUT2D eigenvalue weighted by Gasteiger charge is -1.87. The van der Waals surface area contributed by atoms with Gasteiger partial charge in [0.2, 0.25) is 0 Å². The highest BCUT2D eigenvalue weighted by Crippen LogP contribution is 1.94. The van der Waals surface area contributed by atoms with E-state index in [0.717, 1.165) is 6.42 Å². The summed E-state index contributed by atoms with van der Waals surface area (Å²) in [6, 6.07) is 2.11. The minimum absolute atomic E-state index is 0. The van der Waals surface area contributed by atoms with Gasteiger partial charge in [-0.15, -0.1) is 0 Å². The van der Waals surface area contributed by atoms with E-state index >= 15 is 0 Å². The van der Waals surface area contributed by atoms with E-state index in [1.807, 2.05) is 13.8 Å². The van der Waals surface area contributed by atoms with E-state index in [9.17, 15) is 0 Å². The molecule has 0 saturated heterocycles. The van der Waals surface area contributed by atoms with Gasteiger partial charge in [-0.2, -0.15) is 5.26 Å². The van der Waals surface area contributed by atoms with Crippen molar-refractivity contribution in [2.24, 2.45) is 5.92 Å². The van der Waals surface area contributed by atoms with E-state index in [2.05, 4.69) is 6.07 Å². The molecule has 0 aromatic heterocycles. The second-order valence-electron chi connectivity index (χ2n) is 1.44. The second kappa shape index (κ2) is 5.49. The molecule has 0 aromatic carbocycles. The van der Waals surface area contributed by atoms with Gasteiger partial charge in [0.05, 0.1) is 6.07 Å². The number of nitrogens with zero attached hydrogens (tertiary/aromatic N) is 1. The molecule has 0 bridgehead atoms. The van der Waals surface area contributed by atoms with Crippen LogP contribution in [0.15, 0.2) is 0 Å². The Balaban J connectivity index is 0. The Morgan fingerprint density at radius 2 is 2.14 bits per heavy atom. The third kappa shape index (κ3) is 5.49. The first kappa shape index (κ1) is 9.70. The minimum atomic E-state index is 0. The lowest BCUT2D eigenvalue weighted by Crippen LogP contribution is -1.81. The molecule has 1 unspecified atom stereocenters. The SMILES string of the molecule is C.CCC(C)C#N. The Morgan fingerprint density at radius 3 is 2.14 bits per heavy atom. The molecule has 7 heavy (non-hydrogen) atoms. The smallest absolute Gasteiger partial charge is 0.0652 e. The van der Waals surface area contributed by atoms with Gasteiger partial charge in [0, 0.05) is 5.92 Å². The average Bonchev–Trinajstić information content (AvgIpc) is 1.65. The van der Waals surface area contributed by atoms with Crippen molar-refractivity contribution >= 4 is 0 Å². The van der Waals surface area contributed by atoms with Crippen molar-refractivity contribution in [2.75, 3.05) is 0 Å². The summed E-state index contributed by atoms with van der Waals surface area (Å²) >= 11 is 0. The van der Waals surface area contributed by atoms with Crippen molar-refractivity contribution in [1.82, 2.24) is 0 Å². The highest BCUT2D eigenvalue weighted by atomic mass is 14.2. The van der Waals surface area contributed by atoms with Crippen LogP contribution in [0, 0.1) is 17.2 Å². The molecule has 0 heterocycles. The monoisotopic (exact) mass is 99.1 g/mol. The number of nitriles is 1. The van der Waals surface area contributed by atoms with Gasteiger partial charge >= 0.3 is 0 Å². The van der Waals surface area contributed by atoms with E-state index in [1.165, 1.54) is 0 Å². The number of hydrogen-bond donors (Lipinski definition) is 0. The van der Waals surface area contributed by atoms with Gasteiger partial charge < -0.3 is 0 Å². The van der Waals surface area contributed by atoms with Crippen LogP contribution in [0.25, 0.3) is 0 Å². The molecular formula is C6H13N. The maximum atomic E-state index is 8.08. The van der Waals surface area contributed by atoms with Gasteiger partial charge in [0.15, 0.2) is 0 Å². The fourth-order valence-corrected chi connectivity index (χ4v) is 0.0913. The first-order valence-corrected chi connectivity index (χ1v) is 2.20. The Bertz CT molecular complexity index is 61.1. The summed E-state index contributed by atoms with van der Waals surface area (Å²) in [5, 5.41) is 8.08. The Hall–Kier alpha value is -0.510. The Morgan fingerprint density at radius 1 is 1.71 bits per heavy atom. The lowest BCUT2D eigenvalue weighted by atomic mass is 10.2. The zero-order chi connectivity index (χ0) is 4.99. The standard InChI is InChI=1S/C5H9N.CH4/c1-3-5(2)4-6;/h5H,3H2,1-2H3;1H4. The minimum Gasteiger partial charge on any atom is -0.198 e. The van der Waals surface area contributed by atoms with Crippen molar-refractivity contribution < 1.29 is 0 Å². The summed E-state index contributed by atoms with van der Waals surface area (Å²) in [6.07, 6.45) is 0.969. The van der Waals surface area contributed by atoms with Crippen LogP contribution in [0.4, 0.5) is 0 Å². The molecule has 0 rings (SSSR count). The highest BCUT2D eigenvalue weighted by molar-refractivity contribution is 4.76. The van der Waals surface area contributed by atoms with Crippen LogP contribution < -0.4 is 0 Å². The molecule has 0 spiro atoms. The Kier molecular flexibility index (Phi) is 7.61. The Labute approximate surface area is 46.0 Å². The predicted octanol–water partition coefficient (Wildman–Crippen LogP) is 2.19. The van der Waals surface area contributed by atoms with Gasteiger partial charge in [-0.25, -0.2) is 0 Å². The van der Waals surface area contributed by atoms with Crippen LogP contribution in [-0.4, -0.2) is 0 Å². The van der Waals surface area contributed by atoms with E-state index < -0.39 is 0 Å². The maximum Gasteiger partial charge on any atom is 0.0652 e. The van der Waals surface area contributed by atoms with Crippen molar-refractivity contribution in [3.8, 4) is 6.07 Å². The van der Waals surface area contributed by atoms with Crippen LogP contribution in [-0.2, 0) is 0 Å². The molecule has 0 saturated carbocycles. The summed E-state index contributed by atoms with van der Waals surface area (Å²) < 4.78 is 0. The van der Waals surface area contributed by atoms with Crippen molar-refractivity contribution in [3.63, 3.8) is 0 Å². The number of rotatable bonds is 1. The largest absolute Gasteiger partial charge is 0.198 e. The van der Waals surface area contributed by atoms with E-state index in [0.29, 0.717) is 0 Å². The zero-order valence-corrected chi connectivity index (χ0v) is 4.23. The van der Waals surface area contributed by atoms with Gasteiger partial charge in [-0.3, -0.25) is 0 Å². The van der Waals surface area contributed by atoms with Gasteiger partial charge in [-0.05, 0) is 13.3 Å². The van der Waals surface area contributed by atoms with Gasteiger partial charge in [-0.1, -0.05) is 14.4 Å². The fourth-order valence-electron chi connectivity index (χ4n) is 0.0913. The maximum absolute atomic E-state index is 8.08. The first-order valence-electron chi connectivity index (χ1n) is 2.20. The molecule has 0 radical (unpaired) electrons. The van der Waals surface area contributed by atoms with Crippen molar-refractivity contribution in [3.05, 3.63) is 0 Å². The summed E-state index contributed by atoms with van der Waals surface area (Å²) in [7, 11) is 0. The average molecular weight is 99.2 g/mol. The molecule has 0 amide bonds. The van der Waals surface area contributed by atoms with Crippen molar-refractivity contribution in [1.29, 1.82) is 5.26 Å². The van der Waals surface area contributed by atoms with Crippen LogP contribution >= 0.6 is 0 Å². The molecule has 0 aromatic rings. The summed E-state index contributed by atoms with van der Waals surface area (Å²) in [4.78, 5) is 0. The molecular weight excluding hydrogens is 86.1 g/mol.